The first-order valence-electron chi connectivity index (χ1n) is 10.5. The number of Topliss-reactive ketones (excluding diaryl/α,β-unsaturated/α-hetero) is 1. The first-order chi connectivity index (χ1) is 15.0. The quantitative estimate of drug-likeness (QED) is 0.523. The zero-order valence-corrected chi connectivity index (χ0v) is 17.9. The van der Waals surface area contributed by atoms with Crippen molar-refractivity contribution in [2.24, 2.45) is 0 Å². The van der Waals surface area contributed by atoms with Crippen LogP contribution in [0.5, 0.6) is 0 Å². The van der Waals surface area contributed by atoms with Gasteiger partial charge in [-0.05, 0) is 49.7 Å². The van der Waals surface area contributed by atoms with Gasteiger partial charge in [-0.25, -0.2) is 0 Å². The minimum absolute atomic E-state index is 0.0914. The van der Waals surface area contributed by atoms with Gasteiger partial charge in [0.15, 0.2) is 11.6 Å². The molecule has 4 rings (SSSR count). The molecule has 1 aliphatic heterocycles. The lowest BCUT2D eigenvalue weighted by atomic mass is 10.1. The Labute approximate surface area is 182 Å². The van der Waals surface area contributed by atoms with E-state index in [9.17, 15) is 4.79 Å². The van der Waals surface area contributed by atoms with Crippen LogP contribution in [0.3, 0.4) is 0 Å². The molecule has 8 nitrogen and oxygen atoms in total. The summed E-state index contributed by atoms with van der Waals surface area (Å²) in [4.78, 5) is 28.4. The average molecular weight is 419 g/mol. The molecule has 8 heteroatoms. The van der Waals surface area contributed by atoms with Gasteiger partial charge in [0.05, 0.1) is 26.2 Å². The van der Waals surface area contributed by atoms with Crippen molar-refractivity contribution >= 4 is 29.1 Å². The van der Waals surface area contributed by atoms with Crippen LogP contribution in [0.15, 0.2) is 48.5 Å². The number of carbonyl (C=O) groups is 1. The molecule has 0 bridgehead atoms. The van der Waals surface area contributed by atoms with E-state index in [1.165, 1.54) is 4.90 Å². The summed E-state index contributed by atoms with van der Waals surface area (Å²) in [5, 5.41) is 3.25. The van der Waals surface area contributed by atoms with Gasteiger partial charge < -0.3 is 20.9 Å². The van der Waals surface area contributed by atoms with E-state index < -0.39 is 0 Å². The number of nitrogens with two attached hydrogens (primary N) is 1. The molecule has 160 valence electrons. The molecule has 4 N–H and O–H groups in total. The number of anilines is 4. The highest BCUT2D eigenvalue weighted by molar-refractivity contribution is 5.94. The van der Waals surface area contributed by atoms with E-state index in [0.717, 1.165) is 48.7 Å². The number of nitrogens with one attached hydrogen (secondary N) is 2. The van der Waals surface area contributed by atoms with Crippen LogP contribution >= 0.6 is 0 Å². The number of piperazine rings is 1. The second-order valence-electron chi connectivity index (χ2n) is 7.89. The van der Waals surface area contributed by atoms with Crippen LogP contribution < -0.4 is 20.9 Å². The van der Waals surface area contributed by atoms with Gasteiger partial charge in [0.25, 0.3) is 0 Å². The zero-order valence-electron chi connectivity index (χ0n) is 17.9. The molecule has 0 unspecified atom stereocenters. The summed E-state index contributed by atoms with van der Waals surface area (Å²) in [6.07, 6.45) is 0. The Kier molecular flexibility index (Phi) is 6.08. The third-order valence-corrected chi connectivity index (χ3v) is 5.61. The Balaban J connectivity index is 1.37. The van der Waals surface area contributed by atoms with Gasteiger partial charge >= 0.3 is 0 Å². The van der Waals surface area contributed by atoms with Gasteiger partial charge in [0.2, 0.25) is 11.9 Å². The van der Waals surface area contributed by atoms with Crippen molar-refractivity contribution in [3.8, 4) is 0 Å². The Morgan fingerprint density at radius 1 is 1.06 bits per heavy atom. The molecule has 3 aromatic rings. The number of nitrogens with zero attached hydrogens (tertiary/aromatic N) is 4. The van der Waals surface area contributed by atoms with Gasteiger partial charge in [0.1, 0.15) is 6.54 Å². The normalized spacial score (nSPS) is 14.5. The van der Waals surface area contributed by atoms with Gasteiger partial charge in [-0.2, -0.15) is 15.0 Å². The fraction of sp³-hybridized carbons (Fsp3) is 0.304. The third kappa shape index (κ3) is 5.16. The molecule has 1 saturated heterocycles. The van der Waals surface area contributed by atoms with E-state index in [1.807, 2.05) is 55.5 Å². The first-order valence-corrected chi connectivity index (χ1v) is 10.5. The summed E-state index contributed by atoms with van der Waals surface area (Å²) in [6, 6.07) is 15.8. The summed E-state index contributed by atoms with van der Waals surface area (Å²) < 4.78 is 0. The summed E-state index contributed by atoms with van der Waals surface area (Å²) in [7, 11) is 0. The minimum Gasteiger partial charge on any atom is -0.368 e. The van der Waals surface area contributed by atoms with Crippen LogP contribution in [0, 0.1) is 6.92 Å². The highest BCUT2D eigenvalue weighted by atomic mass is 16.1. The van der Waals surface area contributed by atoms with E-state index in [0.29, 0.717) is 18.3 Å². The molecule has 0 radical (unpaired) electrons. The zero-order chi connectivity index (χ0) is 21.8. The maximum atomic E-state index is 11.5. The molecule has 1 aromatic heterocycles. The molecule has 31 heavy (non-hydrogen) atoms. The topological polar surface area (TPSA) is 101 Å². The standard InChI is InChI=1S/C23H27N7O/c1-16-5-3-4-6-20(16)25-23-27-21(26-22(24)28-23)15-29-11-13-30(14-12-29)19-9-7-18(8-10-19)17(2)31/h3-10H,11-15H2,1-2H3,(H3,24,25,26,27,28)/p+1. The molecule has 1 aliphatic rings. The summed E-state index contributed by atoms with van der Waals surface area (Å²) in [6.45, 7) is 8.14. The number of hydrogen-bond donors (Lipinski definition) is 3. The lowest BCUT2D eigenvalue weighted by Crippen LogP contribution is -3.13. The van der Waals surface area contributed by atoms with Crippen molar-refractivity contribution in [3.63, 3.8) is 0 Å². The second-order valence-corrected chi connectivity index (χ2v) is 7.89. The van der Waals surface area contributed by atoms with Crippen molar-refractivity contribution in [1.29, 1.82) is 0 Å². The summed E-state index contributed by atoms with van der Waals surface area (Å²) in [5.41, 5.74) is 9.91. The number of quaternary nitrogens is 1. The summed E-state index contributed by atoms with van der Waals surface area (Å²) in [5.74, 6) is 1.48. The number of rotatable bonds is 6. The van der Waals surface area contributed by atoms with Crippen LogP contribution in [-0.4, -0.2) is 46.9 Å². The molecule has 0 spiro atoms. The fourth-order valence-corrected chi connectivity index (χ4v) is 3.80. The van der Waals surface area contributed by atoms with Crippen LogP contribution in [-0.2, 0) is 6.54 Å². The van der Waals surface area contributed by atoms with Crippen molar-refractivity contribution in [2.45, 2.75) is 20.4 Å². The Morgan fingerprint density at radius 2 is 1.77 bits per heavy atom. The van der Waals surface area contributed by atoms with E-state index in [2.05, 4.69) is 25.2 Å². The number of benzene rings is 2. The molecular weight excluding hydrogens is 390 g/mol. The number of ketones is 1. The van der Waals surface area contributed by atoms with Crippen LogP contribution in [0.1, 0.15) is 28.7 Å². The number of aromatic nitrogens is 3. The molecule has 1 fully saturated rings. The molecular formula is C23H28N7O+. The van der Waals surface area contributed by atoms with E-state index in [1.54, 1.807) is 6.92 Å². The lowest BCUT2D eigenvalue weighted by Gasteiger charge is -2.33. The Morgan fingerprint density at radius 3 is 2.45 bits per heavy atom. The maximum absolute atomic E-state index is 11.5. The Hall–Kier alpha value is -3.52. The van der Waals surface area contributed by atoms with Crippen molar-refractivity contribution in [3.05, 3.63) is 65.5 Å². The molecule has 0 atom stereocenters. The van der Waals surface area contributed by atoms with Gasteiger partial charge in [-0.1, -0.05) is 18.2 Å². The summed E-state index contributed by atoms with van der Waals surface area (Å²) >= 11 is 0. The average Bonchev–Trinajstić information content (AvgIpc) is 2.76. The number of aryl methyl sites for hydroxylation is 1. The SMILES string of the molecule is CC(=O)c1ccc(N2CC[NH+](Cc3nc(N)nc(Nc4ccccc4C)n3)CC2)cc1. The maximum Gasteiger partial charge on any atom is 0.232 e. The van der Waals surface area contributed by atoms with Crippen LogP contribution in [0.25, 0.3) is 0 Å². The van der Waals surface area contributed by atoms with Crippen molar-refractivity contribution in [1.82, 2.24) is 15.0 Å². The molecule has 0 saturated carbocycles. The Bertz CT molecular complexity index is 1060. The van der Waals surface area contributed by atoms with Crippen molar-refractivity contribution < 1.29 is 9.69 Å². The number of para-hydroxylation sites is 1. The van der Waals surface area contributed by atoms with Gasteiger partial charge in [-0.3, -0.25) is 4.79 Å². The number of hydrogen-bond acceptors (Lipinski definition) is 7. The largest absolute Gasteiger partial charge is 0.368 e. The first kappa shape index (κ1) is 20.7. The predicted octanol–water partition coefficient (Wildman–Crippen LogP) is 1.61. The lowest BCUT2D eigenvalue weighted by molar-refractivity contribution is -0.915. The van der Waals surface area contributed by atoms with E-state index >= 15 is 0 Å². The van der Waals surface area contributed by atoms with Crippen molar-refractivity contribution in [2.75, 3.05) is 42.1 Å². The molecule has 2 aromatic carbocycles. The van der Waals surface area contributed by atoms with Crippen LogP contribution in [0.2, 0.25) is 0 Å². The highest BCUT2D eigenvalue weighted by Crippen LogP contribution is 2.18. The third-order valence-electron chi connectivity index (χ3n) is 5.61. The van der Waals surface area contributed by atoms with Gasteiger partial charge in [0, 0.05) is 16.9 Å². The predicted molar refractivity (Wildman–Crippen MR) is 122 cm³/mol. The van der Waals surface area contributed by atoms with Gasteiger partial charge in [-0.15, -0.1) is 0 Å². The minimum atomic E-state index is 0.0914. The highest BCUT2D eigenvalue weighted by Gasteiger charge is 2.22. The van der Waals surface area contributed by atoms with E-state index in [-0.39, 0.29) is 11.7 Å². The molecule has 0 amide bonds. The van der Waals surface area contributed by atoms with E-state index in [4.69, 9.17) is 5.73 Å². The second kappa shape index (κ2) is 9.09. The fourth-order valence-electron chi connectivity index (χ4n) is 3.80. The van der Waals surface area contributed by atoms with Crippen LogP contribution in [0.4, 0.5) is 23.3 Å². The molecule has 0 aliphatic carbocycles. The molecule has 2 heterocycles. The monoisotopic (exact) mass is 418 g/mol. The number of nitrogen functional groups attached to an aromatic ring is 1. The number of carbonyl (C=O) groups excluding carboxylic acids is 1. The smallest absolute Gasteiger partial charge is 0.232 e.